The highest BCUT2D eigenvalue weighted by Crippen LogP contribution is 2.36. The van der Waals surface area contributed by atoms with E-state index >= 15 is 0 Å². The number of carbonyl (C=O) groups is 1. The second-order valence-electron chi connectivity index (χ2n) is 5.62. The van der Waals surface area contributed by atoms with Crippen LogP contribution < -0.4 is 15.4 Å². The Labute approximate surface area is 114 Å². The number of hydrogen-bond acceptors (Lipinski definition) is 3. The lowest BCUT2D eigenvalue weighted by Gasteiger charge is -2.34. The summed E-state index contributed by atoms with van der Waals surface area (Å²) in [5.41, 5.74) is 7.76. The summed E-state index contributed by atoms with van der Waals surface area (Å²) in [5, 5.41) is 0. The lowest BCUT2D eigenvalue weighted by atomic mass is 10.0. The third kappa shape index (κ3) is 2.73. The van der Waals surface area contributed by atoms with Crippen molar-refractivity contribution in [2.24, 2.45) is 11.7 Å². The Morgan fingerprint density at radius 3 is 2.63 bits per heavy atom. The first-order valence-corrected chi connectivity index (χ1v) is 6.77. The highest BCUT2D eigenvalue weighted by Gasteiger charge is 2.31. The van der Waals surface area contributed by atoms with Crippen molar-refractivity contribution in [2.45, 2.75) is 39.8 Å². The van der Waals surface area contributed by atoms with Crippen LogP contribution in [0.2, 0.25) is 0 Å². The van der Waals surface area contributed by atoms with Crippen LogP contribution in [0.4, 0.5) is 5.69 Å². The molecule has 104 valence electrons. The van der Waals surface area contributed by atoms with E-state index in [4.69, 9.17) is 10.5 Å². The third-order valence-electron chi connectivity index (χ3n) is 3.26. The van der Waals surface area contributed by atoms with Crippen LogP contribution in [0.25, 0.3) is 0 Å². The Hall–Kier alpha value is -1.55. The molecule has 1 heterocycles. The van der Waals surface area contributed by atoms with Gasteiger partial charge in [0.25, 0.3) is 5.91 Å². The molecule has 1 aliphatic rings. The van der Waals surface area contributed by atoms with Crippen LogP contribution in [0.5, 0.6) is 5.75 Å². The molecule has 0 radical (unpaired) electrons. The maximum absolute atomic E-state index is 12.3. The number of benzene rings is 1. The molecule has 2 atom stereocenters. The van der Waals surface area contributed by atoms with E-state index < -0.39 is 6.10 Å². The summed E-state index contributed by atoms with van der Waals surface area (Å²) in [6, 6.07) is 5.77. The maximum Gasteiger partial charge on any atom is 0.267 e. The molecule has 4 heteroatoms. The van der Waals surface area contributed by atoms with E-state index in [0.29, 0.717) is 12.5 Å². The van der Waals surface area contributed by atoms with Gasteiger partial charge in [-0.2, -0.15) is 0 Å². The number of carbonyl (C=O) groups excluding carboxylic acids is 1. The molecular weight excluding hydrogens is 240 g/mol. The van der Waals surface area contributed by atoms with Gasteiger partial charge in [0.2, 0.25) is 0 Å². The molecule has 0 bridgehead atoms. The van der Waals surface area contributed by atoms with E-state index in [1.54, 1.807) is 6.92 Å². The van der Waals surface area contributed by atoms with Crippen molar-refractivity contribution < 1.29 is 9.53 Å². The summed E-state index contributed by atoms with van der Waals surface area (Å²) in [7, 11) is 0. The van der Waals surface area contributed by atoms with Gasteiger partial charge in [-0.05, 0) is 37.5 Å². The van der Waals surface area contributed by atoms with Gasteiger partial charge in [0.15, 0.2) is 6.10 Å². The smallest absolute Gasteiger partial charge is 0.267 e. The maximum atomic E-state index is 12.3. The standard InChI is InChI=1S/C15H22N2O2/c1-9(2)8-17-13-7-12(10(3)16)5-6-14(13)19-11(4)15(17)18/h5-7,9-11H,8,16H2,1-4H3. The van der Waals surface area contributed by atoms with Gasteiger partial charge in [-0.1, -0.05) is 19.9 Å². The number of nitrogens with zero attached hydrogens (tertiary/aromatic N) is 1. The number of fused-ring (bicyclic) bond motifs is 1. The number of rotatable bonds is 3. The average Bonchev–Trinajstić information content (AvgIpc) is 2.34. The fourth-order valence-electron chi connectivity index (χ4n) is 2.26. The van der Waals surface area contributed by atoms with Gasteiger partial charge in [-0.15, -0.1) is 0 Å². The molecular formula is C15H22N2O2. The Morgan fingerprint density at radius 1 is 1.37 bits per heavy atom. The Balaban J connectivity index is 2.44. The Morgan fingerprint density at radius 2 is 2.05 bits per heavy atom. The zero-order valence-electron chi connectivity index (χ0n) is 12.0. The van der Waals surface area contributed by atoms with Gasteiger partial charge in [-0.25, -0.2) is 0 Å². The van der Waals surface area contributed by atoms with Crippen LogP contribution in [-0.4, -0.2) is 18.6 Å². The third-order valence-corrected chi connectivity index (χ3v) is 3.26. The van der Waals surface area contributed by atoms with Crippen LogP contribution in [0, 0.1) is 5.92 Å². The summed E-state index contributed by atoms with van der Waals surface area (Å²) in [4.78, 5) is 14.1. The molecule has 1 aromatic rings. The van der Waals surface area contributed by atoms with Crippen LogP contribution in [0.3, 0.4) is 0 Å². The summed E-state index contributed by atoms with van der Waals surface area (Å²) in [6.45, 7) is 8.62. The molecule has 2 N–H and O–H groups in total. The molecule has 1 amide bonds. The molecule has 19 heavy (non-hydrogen) atoms. The fraction of sp³-hybridized carbons (Fsp3) is 0.533. The zero-order valence-corrected chi connectivity index (χ0v) is 12.0. The zero-order chi connectivity index (χ0) is 14.2. The van der Waals surface area contributed by atoms with Crippen molar-refractivity contribution in [2.75, 3.05) is 11.4 Å². The SMILES string of the molecule is CC(C)CN1C(=O)C(C)Oc2ccc(C(C)N)cc21. The lowest BCUT2D eigenvalue weighted by Crippen LogP contribution is -2.46. The minimum atomic E-state index is -0.424. The van der Waals surface area contributed by atoms with E-state index in [1.165, 1.54) is 0 Å². The highest BCUT2D eigenvalue weighted by atomic mass is 16.5. The molecule has 1 aromatic carbocycles. The van der Waals surface area contributed by atoms with E-state index in [0.717, 1.165) is 17.0 Å². The molecule has 0 aromatic heterocycles. The van der Waals surface area contributed by atoms with Crippen LogP contribution in [-0.2, 0) is 4.79 Å². The van der Waals surface area contributed by atoms with Crippen molar-refractivity contribution in [3.8, 4) is 5.75 Å². The lowest BCUT2D eigenvalue weighted by molar-refractivity contribution is -0.125. The van der Waals surface area contributed by atoms with Crippen LogP contribution in [0.1, 0.15) is 39.3 Å². The van der Waals surface area contributed by atoms with Gasteiger partial charge < -0.3 is 15.4 Å². The highest BCUT2D eigenvalue weighted by molar-refractivity contribution is 5.99. The van der Waals surface area contributed by atoms with Gasteiger partial charge in [0.05, 0.1) is 5.69 Å². The molecule has 0 aliphatic carbocycles. The topological polar surface area (TPSA) is 55.6 Å². The largest absolute Gasteiger partial charge is 0.479 e. The average molecular weight is 262 g/mol. The molecule has 2 rings (SSSR count). The summed E-state index contributed by atoms with van der Waals surface area (Å²) < 4.78 is 5.66. The first-order valence-electron chi connectivity index (χ1n) is 6.77. The predicted octanol–water partition coefficient (Wildman–Crippen LogP) is 2.48. The van der Waals surface area contributed by atoms with E-state index in [2.05, 4.69) is 13.8 Å². The summed E-state index contributed by atoms with van der Waals surface area (Å²) in [5.74, 6) is 1.18. The van der Waals surface area contributed by atoms with Gasteiger partial charge in [-0.3, -0.25) is 4.79 Å². The Bertz CT molecular complexity index is 483. The molecule has 0 saturated heterocycles. The van der Waals surface area contributed by atoms with E-state index in [-0.39, 0.29) is 11.9 Å². The number of hydrogen-bond donors (Lipinski definition) is 1. The predicted molar refractivity (Wildman–Crippen MR) is 76.3 cm³/mol. The van der Waals surface area contributed by atoms with Crippen molar-refractivity contribution in [3.63, 3.8) is 0 Å². The number of ether oxygens (including phenoxy) is 1. The molecule has 0 spiro atoms. The van der Waals surface area contributed by atoms with Gasteiger partial charge in [0, 0.05) is 12.6 Å². The molecule has 0 fully saturated rings. The summed E-state index contributed by atoms with van der Waals surface area (Å²) >= 11 is 0. The van der Waals surface area contributed by atoms with Crippen molar-refractivity contribution in [1.29, 1.82) is 0 Å². The van der Waals surface area contributed by atoms with Gasteiger partial charge in [0.1, 0.15) is 5.75 Å². The Kier molecular flexibility index (Phi) is 3.80. The number of amides is 1. The normalized spacial score (nSPS) is 20.2. The second kappa shape index (κ2) is 5.21. The molecule has 2 unspecified atom stereocenters. The van der Waals surface area contributed by atoms with Crippen molar-refractivity contribution in [1.82, 2.24) is 0 Å². The molecule has 1 aliphatic heterocycles. The number of nitrogens with two attached hydrogens (primary N) is 1. The minimum Gasteiger partial charge on any atom is -0.479 e. The van der Waals surface area contributed by atoms with Crippen molar-refractivity contribution >= 4 is 11.6 Å². The monoisotopic (exact) mass is 262 g/mol. The van der Waals surface area contributed by atoms with Crippen molar-refractivity contribution in [3.05, 3.63) is 23.8 Å². The first-order chi connectivity index (χ1) is 8.90. The van der Waals surface area contributed by atoms with Crippen LogP contribution in [0.15, 0.2) is 18.2 Å². The number of anilines is 1. The molecule has 0 saturated carbocycles. The van der Waals surface area contributed by atoms with E-state index in [9.17, 15) is 4.79 Å². The second-order valence-corrected chi connectivity index (χ2v) is 5.62. The van der Waals surface area contributed by atoms with E-state index in [1.807, 2.05) is 30.0 Å². The van der Waals surface area contributed by atoms with Gasteiger partial charge >= 0.3 is 0 Å². The molecule has 4 nitrogen and oxygen atoms in total. The van der Waals surface area contributed by atoms with Crippen LogP contribution >= 0.6 is 0 Å². The summed E-state index contributed by atoms with van der Waals surface area (Å²) in [6.07, 6.45) is -0.424. The minimum absolute atomic E-state index is 0.0167. The first kappa shape index (κ1) is 13.9. The quantitative estimate of drug-likeness (QED) is 0.910. The fourth-order valence-corrected chi connectivity index (χ4v) is 2.26.